The van der Waals surface area contributed by atoms with Gasteiger partial charge in [0, 0.05) is 48.8 Å². The number of aromatic amines is 1. The summed E-state index contributed by atoms with van der Waals surface area (Å²) in [6, 6.07) is 20.2. The Morgan fingerprint density at radius 3 is 2.41 bits per heavy atom. The van der Waals surface area contributed by atoms with E-state index >= 15 is 0 Å². The van der Waals surface area contributed by atoms with Gasteiger partial charge in [-0.25, -0.2) is 0 Å². The third-order valence-corrected chi connectivity index (χ3v) is 6.16. The summed E-state index contributed by atoms with van der Waals surface area (Å²) in [5.41, 5.74) is 5.48. The minimum Gasteiger partial charge on any atom is -0.357 e. The minimum absolute atomic E-state index is 0.704. The van der Waals surface area contributed by atoms with Gasteiger partial charge in [-0.1, -0.05) is 55.5 Å². The van der Waals surface area contributed by atoms with Crippen LogP contribution in [-0.4, -0.2) is 40.5 Å². The lowest BCUT2D eigenvalue weighted by Crippen LogP contribution is -2.44. The number of aryl methyl sites for hydroxylation is 1. The van der Waals surface area contributed by atoms with Crippen molar-refractivity contribution in [2.45, 2.75) is 45.8 Å². The van der Waals surface area contributed by atoms with Crippen molar-refractivity contribution < 1.29 is 0 Å². The second-order valence-electron chi connectivity index (χ2n) is 7.83. The lowest BCUT2D eigenvalue weighted by atomic mass is 10.0. The molecule has 3 nitrogen and oxygen atoms in total. The first-order valence-electron chi connectivity index (χ1n) is 10.3. The van der Waals surface area contributed by atoms with E-state index in [2.05, 4.69) is 83.2 Å². The van der Waals surface area contributed by atoms with Crippen LogP contribution in [0.2, 0.25) is 0 Å². The zero-order valence-corrected chi connectivity index (χ0v) is 16.6. The highest BCUT2D eigenvalue weighted by atomic mass is 15.2. The number of para-hydroxylation sites is 1. The fourth-order valence-electron chi connectivity index (χ4n) is 4.48. The van der Waals surface area contributed by atoms with Crippen LogP contribution in [0.3, 0.4) is 0 Å². The van der Waals surface area contributed by atoms with E-state index in [1.54, 1.807) is 0 Å². The van der Waals surface area contributed by atoms with E-state index in [4.69, 9.17) is 0 Å². The topological polar surface area (TPSA) is 22.3 Å². The van der Waals surface area contributed by atoms with Crippen LogP contribution in [0.15, 0.2) is 54.6 Å². The molecule has 0 unspecified atom stereocenters. The van der Waals surface area contributed by atoms with Gasteiger partial charge in [-0.15, -0.1) is 0 Å². The van der Waals surface area contributed by atoms with Gasteiger partial charge in [0.15, 0.2) is 0 Å². The van der Waals surface area contributed by atoms with Crippen molar-refractivity contribution in [1.82, 2.24) is 14.8 Å². The van der Waals surface area contributed by atoms with Crippen molar-refractivity contribution in [1.29, 1.82) is 0 Å². The Morgan fingerprint density at radius 2 is 1.70 bits per heavy atom. The number of piperidine rings is 1. The molecule has 1 aliphatic rings. The fourth-order valence-corrected chi connectivity index (χ4v) is 4.48. The molecule has 1 saturated heterocycles. The molecule has 142 valence electrons. The summed E-state index contributed by atoms with van der Waals surface area (Å²) >= 11 is 0. The van der Waals surface area contributed by atoms with E-state index in [0.717, 1.165) is 19.6 Å². The monoisotopic (exact) mass is 361 g/mol. The fraction of sp³-hybridized carbons (Fsp3) is 0.417. The molecule has 0 aliphatic carbocycles. The molecule has 2 aromatic carbocycles. The molecule has 0 saturated carbocycles. The van der Waals surface area contributed by atoms with Crippen LogP contribution in [0.25, 0.3) is 10.9 Å². The second kappa shape index (κ2) is 8.28. The number of hydrogen-bond acceptors (Lipinski definition) is 2. The third kappa shape index (κ3) is 4.10. The van der Waals surface area contributed by atoms with Crippen molar-refractivity contribution in [3.63, 3.8) is 0 Å². The van der Waals surface area contributed by atoms with E-state index in [-0.39, 0.29) is 0 Å². The Balaban J connectivity index is 1.36. The highest BCUT2D eigenvalue weighted by Gasteiger charge is 2.24. The summed E-state index contributed by atoms with van der Waals surface area (Å²) < 4.78 is 0. The molecule has 2 heterocycles. The van der Waals surface area contributed by atoms with Crippen molar-refractivity contribution in [3.8, 4) is 0 Å². The van der Waals surface area contributed by atoms with Crippen molar-refractivity contribution in [2.24, 2.45) is 0 Å². The van der Waals surface area contributed by atoms with Crippen molar-refractivity contribution in [2.75, 3.05) is 19.6 Å². The first-order chi connectivity index (χ1) is 13.2. The molecule has 3 heteroatoms. The van der Waals surface area contributed by atoms with E-state index < -0.39 is 0 Å². The van der Waals surface area contributed by atoms with Crippen LogP contribution in [-0.2, 0) is 13.1 Å². The Hall–Kier alpha value is -2.10. The van der Waals surface area contributed by atoms with Crippen LogP contribution in [0.4, 0.5) is 0 Å². The summed E-state index contributed by atoms with van der Waals surface area (Å²) in [7, 11) is 0. The van der Waals surface area contributed by atoms with Gasteiger partial charge in [0.2, 0.25) is 0 Å². The highest BCUT2D eigenvalue weighted by molar-refractivity contribution is 5.84. The number of hydrogen-bond donors (Lipinski definition) is 1. The molecule has 4 rings (SSSR count). The first-order valence-corrected chi connectivity index (χ1v) is 10.3. The van der Waals surface area contributed by atoms with Crippen LogP contribution >= 0.6 is 0 Å². The van der Waals surface area contributed by atoms with Crippen LogP contribution in [0.1, 0.15) is 36.6 Å². The number of rotatable bonds is 6. The zero-order chi connectivity index (χ0) is 18.6. The average Bonchev–Trinajstić information content (AvgIpc) is 3.03. The Kier molecular flexibility index (Phi) is 5.61. The van der Waals surface area contributed by atoms with Crippen LogP contribution in [0, 0.1) is 6.92 Å². The average molecular weight is 362 g/mol. The van der Waals surface area contributed by atoms with Crippen LogP contribution in [0.5, 0.6) is 0 Å². The number of nitrogens with one attached hydrogen (secondary N) is 1. The quantitative estimate of drug-likeness (QED) is 0.670. The van der Waals surface area contributed by atoms with Gasteiger partial charge in [0.25, 0.3) is 0 Å². The number of H-pyrrole nitrogens is 1. The van der Waals surface area contributed by atoms with Gasteiger partial charge in [-0.05, 0) is 43.5 Å². The summed E-state index contributed by atoms with van der Waals surface area (Å²) in [5, 5.41) is 1.36. The number of nitrogens with zero attached hydrogens (tertiary/aromatic N) is 2. The maximum atomic E-state index is 3.64. The van der Waals surface area contributed by atoms with Gasteiger partial charge in [0.05, 0.1) is 0 Å². The van der Waals surface area contributed by atoms with E-state index in [1.165, 1.54) is 53.7 Å². The number of fused-ring (bicyclic) bond motifs is 1. The molecule has 3 aromatic rings. The molecular weight excluding hydrogens is 330 g/mol. The summed E-state index contributed by atoms with van der Waals surface area (Å²) in [6.45, 7) is 10.2. The minimum atomic E-state index is 0.704. The summed E-state index contributed by atoms with van der Waals surface area (Å²) in [4.78, 5) is 8.91. The Bertz CT molecular complexity index is 860. The lowest BCUT2D eigenvalue weighted by molar-refractivity contribution is 0.103. The van der Waals surface area contributed by atoms with E-state index in [1.807, 2.05) is 0 Å². The lowest BCUT2D eigenvalue weighted by Gasteiger charge is -2.38. The molecule has 1 aromatic heterocycles. The number of aromatic nitrogens is 1. The molecule has 0 bridgehead atoms. The molecule has 1 N–H and O–H groups in total. The van der Waals surface area contributed by atoms with Crippen LogP contribution < -0.4 is 0 Å². The Labute approximate surface area is 163 Å². The molecule has 0 radical (unpaired) electrons. The first kappa shape index (κ1) is 18.3. The van der Waals surface area contributed by atoms with Crippen molar-refractivity contribution in [3.05, 3.63) is 71.4 Å². The summed E-state index contributed by atoms with van der Waals surface area (Å²) in [5.74, 6) is 0. The highest BCUT2D eigenvalue weighted by Crippen LogP contribution is 2.25. The number of likely N-dealkylation sites (tertiary alicyclic amines) is 1. The molecule has 0 atom stereocenters. The molecule has 0 amide bonds. The maximum Gasteiger partial charge on any atom is 0.0459 e. The maximum absolute atomic E-state index is 3.64. The standard InChI is InChI=1S/C24H31N3/c1-3-27(17-20-9-5-4-6-10-20)21-13-15-26(16-14-21)18-24-19(2)22-11-7-8-12-23(22)25-24/h4-12,21,25H,3,13-18H2,1-2H3. The van der Waals surface area contributed by atoms with Gasteiger partial charge in [-0.2, -0.15) is 0 Å². The van der Waals surface area contributed by atoms with Gasteiger partial charge < -0.3 is 4.98 Å². The molecule has 1 fully saturated rings. The molecule has 27 heavy (non-hydrogen) atoms. The molecular formula is C24H31N3. The smallest absolute Gasteiger partial charge is 0.0459 e. The molecule has 1 aliphatic heterocycles. The predicted octanol–water partition coefficient (Wildman–Crippen LogP) is 4.96. The molecule has 0 spiro atoms. The number of benzene rings is 2. The zero-order valence-electron chi connectivity index (χ0n) is 16.6. The SMILES string of the molecule is CCN(Cc1ccccc1)C1CCN(Cc2[nH]c3ccccc3c2C)CC1. The normalized spacial score (nSPS) is 16.4. The third-order valence-electron chi connectivity index (χ3n) is 6.16. The second-order valence-corrected chi connectivity index (χ2v) is 7.83. The van der Waals surface area contributed by atoms with Crippen molar-refractivity contribution >= 4 is 10.9 Å². The summed E-state index contributed by atoms with van der Waals surface area (Å²) in [6.07, 6.45) is 2.53. The van der Waals surface area contributed by atoms with Gasteiger partial charge >= 0.3 is 0 Å². The van der Waals surface area contributed by atoms with Gasteiger partial charge in [0.1, 0.15) is 0 Å². The van der Waals surface area contributed by atoms with E-state index in [9.17, 15) is 0 Å². The van der Waals surface area contributed by atoms with E-state index in [0.29, 0.717) is 6.04 Å². The Morgan fingerprint density at radius 1 is 1.00 bits per heavy atom. The largest absolute Gasteiger partial charge is 0.357 e. The van der Waals surface area contributed by atoms with Gasteiger partial charge in [-0.3, -0.25) is 9.80 Å². The predicted molar refractivity (Wildman–Crippen MR) is 114 cm³/mol.